The van der Waals surface area contributed by atoms with Crippen LogP contribution in [0.1, 0.15) is 5.56 Å². The fourth-order valence-electron chi connectivity index (χ4n) is 3.55. The van der Waals surface area contributed by atoms with E-state index in [4.69, 9.17) is 0 Å². The molecule has 0 radical (unpaired) electrons. The fourth-order valence-corrected chi connectivity index (χ4v) is 9.02. The van der Waals surface area contributed by atoms with Crippen LogP contribution >= 0.6 is 34.0 Å². The average molecular weight is 562 g/mol. The summed E-state index contributed by atoms with van der Waals surface area (Å²) in [5, 5.41) is 12.9. The van der Waals surface area contributed by atoms with E-state index in [-0.39, 0.29) is 20.5 Å². The molecule has 0 aliphatic heterocycles. The molecule has 0 saturated heterocycles. The van der Waals surface area contributed by atoms with Gasteiger partial charge in [0.25, 0.3) is 0 Å². The van der Waals surface area contributed by atoms with E-state index in [1.54, 1.807) is 40.9 Å². The van der Waals surface area contributed by atoms with Crippen molar-refractivity contribution in [3.63, 3.8) is 0 Å². The van der Waals surface area contributed by atoms with Crippen LogP contribution in [-0.2, 0) is 26.3 Å². The Morgan fingerprint density at radius 1 is 0.829 bits per heavy atom. The van der Waals surface area contributed by atoms with Gasteiger partial charge in [0.2, 0.25) is 19.9 Å². The van der Waals surface area contributed by atoms with Gasteiger partial charge in [-0.25, -0.2) is 21.6 Å². The van der Waals surface area contributed by atoms with Crippen molar-refractivity contribution < 1.29 is 16.8 Å². The third kappa shape index (κ3) is 4.90. The zero-order valence-corrected chi connectivity index (χ0v) is 22.1. The van der Waals surface area contributed by atoms with Gasteiger partial charge in [0.1, 0.15) is 9.90 Å². The molecule has 12 heteroatoms. The molecule has 0 spiro atoms. The van der Waals surface area contributed by atoms with Crippen LogP contribution in [0.2, 0.25) is 0 Å². The van der Waals surface area contributed by atoms with Crippen molar-refractivity contribution in [3.8, 4) is 21.1 Å². The topological polar surface area (TPSA) is 109 Å². The highest BCUT2D eigenvalue weighted by atomic mass is 32.2. The minimum atomic E-state index is -3.89. The fraction of sp³-hybridized carbons (Fsp3) is 0.0870. The van der Waals surface area contributed by atoms with Crippen molar-refractivity contribution in [2.75, 3.05) is 6.54 Å². The highest BCUT2D eigenvalue weighted by Crippen LogP contribution is 2.35. The second-order valence-corrected chi connectivity index (χ2v) is 14.2. The molecule has 0 bridgehead atoms. The van der Waals surface area contributed by atoms with Gasteiger partial charge in [0.05, 0.1) is 25.2 Å². The Balaban J connectivity index is 1.35. The SMILES string of the molecule is O=S(=O)(NCCc1c(-c2cccs2)n[nH]c1-c1cccs1)c1cc(S(=O)(=O)c2ccccc2)cs1. The third-order valence-corrected chi connectivity index (χ3v) is 11.8. The maximum atomic E-state index is 12.9. The highest BCUT2D eigenvalue weighted by molar-refractivity contribution is 7.93. The summed E-state index contributed by atoms with van der Waals surface area (Å²) in [6.45, 7) is 0.136. The van der Waals surface area contributed by atoms with Crippen molar-refractivity contribution >= 4 is 53.9 Å². The molecule has 0 aliphatic carbocycles. The molecule has 4 heterocycles. The number of thiophene rings is 3. The molecule has 2 N–H and O–H groups in total. The number of H-pyrrole nitrogens is 1. The molecule has 7 nitrogen and oxygen atoms in total. The number of nitrogens with zero attached hydrogens (tertiary/aromatic N) is 1. The van der Waals surface area contributed by atoms with Crippen molar-refractivity contribution in [3.05, 3.63) is 82.4 Å². The van der Waals surface area contributed by atoms with E-state index < -0.39 is 19.9 Å². The molecule has 0 fully saturated rings. The van der Waals surface area contributed by atoms with Crippen LogP contribution in [0.3, 0.4) is 0 Å². The number of sulfone groups is 1. The molecule has 0 aliphatic rings. The smallest absolute Gasteiger partial charge is 0.250 e. The standard InChI is InChI=1S/C23H19N3O4S5/c27-34(28,16-6-2-1-3-7-16)17-14-21(33-15-17)35(29,30)24-11-10-18-22(19-8-4-12-31-19)25-26-23(18)20-9-5-13-32-20/h1-9,12-15,24H,10-11H2,(H,25,26). The predicted molar refractivity (Wildman–Crippen MR) is 140 cm³/mol. The molecule has 0 amide bonds. The summed E-state index contributed by atoms with van der Waals surface area (Å²) in [4.78, 5) is 2.10. The Morgan fingerprint density at radius 2 is 1.54 bits per heavy atom. The second kappa shape index (κ2) is 9.80. The monoisotopic (exact) mass is 561 g/mol. The van der Waals surface area contributed by atoms with Crippen molar-refractivity contribution in [2.45, 2.75) is 20.4 Å². The van der Waals surface area contributed by atoms with E-state index in [1.807, 2.05) is 35.0 Å². The van der Waals surface area contributed by atoms with Gasteiger partial charge in [-0.15, -0.1) is 34.0 Å². The van der Waals surface area contributed by atoms with E-state index in [2.05, 4.69) is 14.9 Å². The second-order valence-electron chi connectivity index (χ2n) is 7.45. The summed E-state index contributed by atoms with van der Waals surface area (Å²) in [6.07, 6.45) is 0.413. The maximum Gasteiger partial charge on any atom is 0.250 e. The van der Waals surface area contributed by atoms with E-state index >= 15 is 0 Å². The van der Waals surface area contributed by atoms with Gasteiger partial charge in [0, 0.05) is 17.5 Å². The molecule has 35 heavy (non-hydrogen) atoms. The Labute approximate surface area is 215 Å². The van der Waals surface area contributed by atoms with Crippen LogP contribution < -0.4 is 4.72 Å². The van der Waals surface area contributed by atoms with E-state index in [0.29, 0.717) is 6.42 Å². The number of nitrogens with one attached hydrogen (secondary N) is 2. The lowest BCUT2D eigenvalue weighted by atomic mass is 10.1. The summed E-state index contributed by atoms with van der Waals surface area (Å²) < 4.78 is 54.1. The molecule has 4 aromatic heterocycles. The quantitative estimate of drug-likeness (QED) is 0.254. The zero-order chi connectivity index (χ0) is 24.5. The maximum absolute atomic E-state index is 12.9. The Morgan fingerprint density at radius 3 is 2.23 bits per heavy atom. The van der Waals surface area contributed by atoms with Gasteiger partial charge < -0.3 is 0 Å². The van der Waals surface area contributed by atoms with E-state index in [1.165, 1.54) is 23.6 Å². The molecule has 0 unspecified atom stereocenters. The lowest BCUT2D eigenvalue weighted by Crippen LogP contribution is -2.25. The number of hydrogen-bond acceptors (Lipinski definition) is 8. The van der Waals surface area contributed by atoms with Crippen LogP contribution in [-0.4, -0.2) is 33.6 Å². The van der Waals surface area contributed by atoms with E-state index in [0.717, 1.165) is 38.0 Å². The van der Waals surface area contributed by atoms with E-state index in [9.17, 15) is 16.8 Å². The average Bonchev–Trinajstić information content (AvgIpc) is 3.66. The molecule has 0 atom stereocenters. The Hall–Kier alpha value is -2.61. The number of sulfonamides is 1. The number of aromatic nitrogens is 2. The summed E-state index contributed by atoms with van der Waals surface area (Å²) in [7, 11) is -7.68. The van der Waals surface area contributed by atoms with Gasteiger partial charge >= 0.3 is 0 Å². The summed E-state index contributed by atoms with van der Waals surface area (Å²) >= 11 is 4.03. The van der Waals surface area contributed by atoms with Crippen LogP contribution in [0.15, 0.2) is 90.8 Å². The lowest BCUT2D eigenvalue weighted by Gasteiger charge is -2.07. The normalized spacial score (nSPS) is 12.2. The van der Waals surface area contributed by atoms with Gasteiger partial charge in [-0.1, -0.05) is 30.3 Å². The van der Waals surface area contributed by atoms with Gasteiger partial charge in [-0.2, -0.15) is 5.10 Å². The first-order valence-corrected chi connectivity index (χ1v) is 16.0. The third-order valence-electron chi connectivity index (χ3n) is 5.24. The van der Waals surface area contributed by atoms with Crippen LogP contribution in [0.25, 0.3) is 21.1 Å². The molecule has 5 aromatic rings. The Kier molecular flexibility index (Phi) is 6.75. The Bertz CT molecular complexity index is 1580. The zero-order valence-electron chi connectivity index (χ0n) is 18.0. The van der Waals surface area contributed by atoms with Crippen molar-refractivity contribution in [2.24, 2.45) is 0 Å². The molecule has 0 saturated carbocycles. The summed E-state index contributed by atoms with van der Waals surface area (Å²) in [5.74, 6) is 0. The molecule has 180 valence electrons. The number of rotatable bonds is 9. The minimum Gasteiger partial charge on any atom is -0.276 e. The van der Waals surface area contributed by atoms with Crippen molar-refractivity contribution in [1.29, 1.82) is 0 Å². The molecule has 1 aromatic carbocycles. The highest BCUT2D eigenvalue weighted by Gasteiger charge is 2.24. The first-order chi connectivity index (χ1) is 16.9. The number of hydrogen-bond donors (Lipinski definition) is 2. The van der Waals surface area contributed by atoms with Gasteiger partial charge in [0.15, 0.2) is 0 Å². The summed E-state index contributed by atoms with van der Waals surface area (Å²) in [5.41, 5.74) is 2.60. The first-order valence-electron chi connectivity index (χ1n) is 10.4. The first kappa shape index (κ1) is 24.1. The number of benzene rings is 1. The largest absolute Gasteiger partial charge is 0.276 e. The van der Waals surface area contributed by atoms with Crippen molar-refractivity contribution in [1.82, 2.24) is 14.9 Å². The lowest BCUT2D eigenvalue weighted by molar-refractivity contribution is 0.583. The minimum absolute atomic E-state index is 0.0381. The summed E-state index contributed by atoms with van der Waals surface area (Å²) in [6, 6.07) is 17.0. The molecular formula is C23H19N3O4S5. The molecule has 5 rings (SSSR count). The van der Waals surface area contributed by atoms with Crippen LogP contribution in [0.4, 0.5) is 0 Å². The van der Waals surface area contributed by atoms with Crippen LogP contribution in [0.5, 0.6) is 0 Å². The van der Waals surface area contributed by atoms with Gasteiger partial charge in [-0.05, 0) is 47.5 Å². The van der Waals surface area contributed by atoms with Crippen LogP contribution in [0, 0.1) is 0 Å². The predicted octanol–water partition coefficient (Wildman–Crippen LogP) is 5.28. The molecular weight excluding hydrogens is 543 g/mol. The number of aromatic amines is 1. The van der Waals surface area contributed by atoms with Gasteiger partial charge in [-0.3, -0.25) is 5.10 Å².